The van der Waals surface area contributed by atoms with Crippen LogP contribution in [0.2, 0.25) is 0 Å². The van der Waals surface area contributed by atoms with Gasteiger partial charge in [0.15, 0.2) is 6.10 Å². The van der Waals surface area contributed by atoms with Crippen molar-refractivity contribution in [2.75, 3.05) is 13.2 Å². The summed E-state index contributed by atoms with van der Waals surface area (Å²) >= 11 is 0. The van der Waals surface area contributed by atoms with Gasteiger partial charge in [0.1, 0.15) is 43.2 Å². The molecule has 14 heteroatoms. The average Bonchev–Trinajstić information content (AvgIpc) is 3.18. The highest BCUT2D eigenvalue weighted by Crippen LogP contribution is 2.47. The molecular formula is C42H81O13P. The second kappa shape index (κ2) is 33.7. The van der Waals surface area contributed by atoms with Gasteiger partial charge in [0, 0.05) is 12.8 Å². The van der Waals surface area contributed by atoms with Crippen LogP contribution in [0.15, 0.2) is 0 Å². The van der Waals surface area contributed by atoms with Gasteiger partial charge in [0.2, 0.25) is 0 Å². The first-order chi connectivity index (χ1) is 26.9. The van der Waals surface area contributed by atoms with Crippen molar-refractivity contribution in [2.45, 2.75) is 243 Å². The second-order valence-electron chi connectivity index (χ2n) is 15.9. The molecule has 1 fully saturated rings. The molecule has 1 aliphatic carbocycles. The van der Waals surface area contributed by atoms with Crippen molar-refractivity contribution in [1.29, 1.82) is 0 Å². The van der Waals surface area contributed by atoms with Crippen molar-refractivity contribution in [3.63, 3.8) is 0 Å². The summed E-state index contributed by atoms with van der Waals surface area (Å²) in [4.78, 5) is 35.6. The Morgan fingerprint density at radius 2 is 0.804 bits per heavy atom. The Morgan fingerprint density at radius 3 is 1.18 bits per heavy atom. The molecule has 56 heavy (non-hydrogen) atoms. The minimum Gasteiger partial charge on any atom is -0.462 e. The first-order valence-electron chi connectivity index (χ1n) is 22.3. The zero-order valence-corrected chi connectivity index (χ0v) is 35.8. The van der Waals surface area contributed by atoms with Crippen LogP contribution in [0.1, 0.15) is 200 Å². The summed E-state index contributed by atoms with van der Waals surface area (Å²) in [5.74, 6) is -1.09. The van der Waals surface area contributed by atoms with E-state index in [0.29, 0.717) is 12.8 Å². The van der Waals surface area contributed by atoms with Gasteiger partial charge in [-0.05, 0) is 12.8 Å². The van der Waals surface area contributed by atoms with Crippen molar-refractivity contribution in [3.8, 4) is 0 Å². The highest BCUT2D eigenvalue weighted by atomic mass is 31.2. The van der Waals surface area contributed by atoms with Crippen LogP contribution in [0.5, 0.6) is 0 Å². The molecule has 8 atom stereocenters. The van der Waals surface area contributed by atoms with Crippen LogP contribution < -0.4 is 0 Å². The number of esters is 2. The predicted octanol–water partition coefficient (Wildman–Crippen LogP) is 8.11. The Bertz CT molecular complexity index is 1000. The van der Waals surface area contributed by atoms with E-state index in [0.717, 1.165) is 38.5 Å². The number of rotatable bonds is 37. The van der Waals surface area contributed by atoms with E-state index in [-0.39, 0.29) is 12.8 Å². The number of hydrogen-bond acceptors (Lipinski definition) is 12. The number of unbranched alkanes of at least 4 members (excludes halogenated alkanes) is 25. The van der Waals surface area contributed by atoms with Gasteiger partial charge in [-0.2, -0.15) is 0 Å². The molecule has 332 valence electrons. The lowest BCUT2D eigenvalue weighted by atomic mass is 9.85. The SMILES string of the molecule is CCCCCCCCCCCCCCCCCCCC(=O)O[C@H](COC(=O)CCCCCCCCCCCC)COP(=O)(O)OC1C(O)C(O)C(O)[C@H](O)C1O. The molecule has 0 bridgehead atoms. The molecule has 0 amide bonds. The third-order valence-corrected chi connectivity index (χ3v) is 11.7. The molecule has 0 aromatic rings. The molecule has 1 rings (SSSR count). The molecule has 0 aromatic carbocycles. The van der Waals surface area contributed by atoms with Gasteiger partial charge in [0.05, 0.1) is 6.61 Å². The third-order valence-electron chi connectivity index (χ3n) is 10.7. The second-order valence-corrected chi connectivity index (χ2v) is 17.3. The largest absolute Gasteiger partial charge is 0.472 e. The maximum atomic E-state index is 12.8. The van der Waals surface area contributed by atoms with Crippen LogP contribution in [-0.2, 0) is 32.7 Å². The summed E-state index contributed by atoms with van der Waals surface area (Å²) in [5, 5.41) is 50.0. The summed E-state index contributed by atoms with van der Waals surface area (Å²) in [5.41, 5.74) is 0. The van der Waals surface area contributed by atoms with Crippen LogP contribution in [0, 0.1) is 0 Å². The Morgan fingerprint density at radius 1 is 0.482 bits per heavy atom. The van der Waals surface area contributed by atoms with Crippen LogP contribution >= 0.6 is 7.82 Å². The van der Waals surface area contributed by atoms with E-state index >= 15 is 0 Å². The van der Waals surface area contributed by atoms with Gasteiger partial charge in [-0.15, -0.1) is 0 Å². The van der Waals surface area contributed by atoms with Gasteiger partial charge in [0.25, 0.3) is 0 Å². The molecule has 0 saturated heterocycles. The Kier molecular flexibility index (Phi) is 31.8. The molecule has 0 spiro atoms. The minimum atomic E-state index is -5.10. The molecule has 1 aliphatic rings. The lowest BCUT2D eigenvalue weighted by molar-refractivity contribution is -0.220. The van der Waals surface area contributed by atoms with E-state index in [2.05, 4.69) is 13.8 Å². The van der Waals surface area contributed by atoms with Crippen LogP contribution in [0.25, 0.3) is 0 Å². The summed E-state index contributed by atoms with van der Waals surface area (Å²) in [6.45, 7) is 3.29. The van der Waals surface area contributed by atoms with Gasteiger partial charge < -0.3 is 39.9 Å². The van der Waals surface area contributed by atoms with E-state index in [4.69, 9.17) is 18.5 Å². The van der Waals surface area contributed by atoms with Crippen molar-refractivity contribution < 1.29 is 63.1 Å². The predicted molar refractivity (Wildman–Crippen MR) is 217 cm³/mol. The Labute approximate surface area is 338 Å². The number of phosphoric acid groups is 1. The number of carbonyl (C=O) groups is 2. The van der Waals surface area contributed by atoms with E-state index in [9.17, 15) is 44.6 Å². The molecule has 0 aromatic heterocycles. The highest BCUT2D eigenvalue weighted by Gasteiger charge is 2.51. The molecule has 0 aliphatic heterocycles. The van der Waals surface area contributed by atoms with Crippen molar-refractivity contribution in [3.05, 3.63) is 0 Å². The van der Waals surface area contributed by atoms with E-state index in [1.807, 2.05) is 0 Å². The average molecular weight is 825 g/mol. The molecule has 6 N–H and O–H groups in total. The number of carbonyl (C=O) groups excluding carboxylic acids is 2. The summed E-state index contributed by atoms with van der Waals surface area (Å²) in [6.07, 6.45) is 18.8. The van der Waals surface area contributed by atoms with E-state index in [1.165, 1.54) is 122 Å². The number of aliphatic hydroxyl groups excluding tert-OH is 5. The van der Waals surface area contributed by atoms with Gasteiger partial charge in [-0.3, -0.25) is 18.6 Å². The zero-order chi connectivity index (χ0) is 41.4. The Hall–Kier alpha value is -1.15. The Balaban J connectivity index is 2.44. The molecule has 1 saturated carbocycles. The first-order valence-corrected chi connectivity index (χ1v) is 23.8. The summed E-state index contributed by atoms with van der Waals surface area (Å²) in [7, 11) is -5.10. The lowest BCUT2D eigenvalue weighted by Gasteiger charge is -2.41. The maximum absolute atomic E-state index is 12.8. The smallest absolute Gasteiger partial charge is 0.462 e. The van der Waals surface area contributed by atoms with Crippen molar-refractivity contribution in [1.82, 2.24) is 0 Å². The molecule has 0 heterocycles. The molecule has 6 unspecified atom stereocenters. The summed E-state index contributed by atoms with van der Waals surface area (Å²) in [6, 6.07) is 0. The monoisotopic (exact) mass is 825 g/mol. The quantitative estimate of drug-likeness (QED) is 0.0199. The van der Waals surface area contributed by atoms with Gasteiger partial charge >= 0.3 is 19.8 Å². The molecule has 13 nitrogen and oxygen atoms in total. The number of ether oxygens (including phenoxy) is 2. The standard InChI is InChI=1S/C42H81O13P/c1-3-5-7-9-11-13-15-16-17-18-19-20-21-23-25-27-29-31-36(44)54-34(32-52-35(43)30-28-26-24-22-14-12-10-8-6-4-2)33-53-56(50,51)55-42-40(48)38(46)37(45)39(47)41(42)49/h34,37-42,45-49H,3-33H2,1-2H3,(H,50,51)/t34-,37?,38+,39?,40?,41?,42?/m1/s1. The van der Waals surface area contributed by atoms with E-state index in [1.54, 1.807) is 0 Å². The highest BCUT2D eigenvalue weighted by molar-refractivity contribution is 7.47. The van der Waals surface area contributed by atoms with Crippen molar-refractivity contribution in [2.24, 2.45) is 0 Å². The van der Waals surface area contributed by atoms with Gasteiger partial charge in [-0.25, -0.2) is 4.57 Å². The number of hydrogen-bond donors (Lipinski definition) is 6. The van der Waals surface area contributed by atoms with Crippen LogP contribution in [-0.4, -0.2) is 98.3 Å². The normalized spacial score (nSPS) is 22.8. The number of aliphatic hydroxyl groups is 5. The molecule has 0 radical (unpaired) electrons. The van der Waals surface area contributed by atoms with Crippen LogP contribution in [0.4, 0.5) is 0 Å². The maximum Gasteiger partial charge on any atom is 0.472 e. The van der Waals surface area contributed by atoms with Crippen LogP contribution in [0.3, 0.4) is 0 Å². The minimum absolute atomic E-state index is 0.105. The fourth-order valence-electron chi connectivity index (χ4n) is 7.05. The topological polar surface area (TPSA) is 210 Å². The van der Waals surface area contributed by atoms with Gasteiger partial charge in [-0.1, -0.05) is 174 Å². The molecular weight excluding hydrogens is 743 g/mol. The lowest BCUT2D eigenvalue weighted by Crippen LogP contribution is -2.64. The van der Waals surface area contributed by atoms with E-state index < -0.39 is 75.7 Å². The summed E-state index contributed by atoms with van der Waals surface area (Å²) < 4.78 is 33.4. The zero-order valence-electron chi connectivity index (χ0n) is 34.9. The number of phosphoric ester groups is 1. The van der Waals surface area contributed by atoms with Crippen molar-refractivity contribution >= 4 is 19.8 Å². The fraction of sp³-hybridized carbons (Fsp3) is 0.952. The first kappa shape index (κ1) is 52.9. The fourth-order valence-corrected chi connectivity index (χ4v) is 8.03. The third kappa shape index (κ3) is 26.1.